The van der Waals surface area contributed by atoms with E-state index < -0.39 is 0 Å². The van der Waals surface area contributed by atoms with E-state index in [1.54, 1.807) is 6.07 Å². The first-order chi connectivity index (χ1) is 8.63. The van der Waals surface area contributed by atoms with Crippen LogP contribution in [0.25, 0.3) is 0 Å². The molecule has 1 unspecified atom stereocenters. The van der Waals surface area contributed by atoms with Gasteiger partial charge in [-0.05, 0) is 38.9 Å². The van der Waals surface area contributed by atoms with Gasteiger partial charge in [-0.3, -0.25) is 0 Å². The Kier molecular flexibility index (Phi) is 6.44. The largest absolute Gasteiger partial charge is 0.458 e. The molecule has 0 saturated heterocycles. The van der Waals surface area contributed by atoms with E-state index in [9.17, 15) is 4.79 Å². The second-order valence-corrected chi connectivity index (χ2v) is 4.64. The zero-order chi connectivity index (χ0) is 13.4. The minimum atomic E-state index is -0.247. The maximum atomic E-state index is 11.8. The predicted molar refractivity (Wildman–Crippen MR) is 73.8 cm³/mol. The number of esters is 1. The molecule has 18 heavy (non-hydrogen) atoms. The lowest BCUT2D eigenvalue weighted by molar-refractivity contribution is 0.0342. The van der Waals surface area contributed by atoms with Crippen molar-refractivity contribution in [2.45, 2.75) is 39.7 Å². The lowest BCUT2D eigenvalue weighted by Gasteiger charge is -2.14. The highest BCUT2D eigenvalue weighted by molar-refractivity contribution is 5.89. The molecule has 0 aromatic heterocycles. The number of rotatable bonds is 7. The summed E-state index contributed by atoms with van der Waals surface area (Å²) < 4.78 is 5.37. The van der Waals surface area contributed by atoms with Gasteiger partial charge in [-0.2, -0.15) is 0 Å². The third-order valence-electron chi connectivity index (χ3n) is 2.70. The zero-order valence-corrected chi connectivity index (χ0v) is 11.5. The lowest BCUT2D eigenvalue weighted by Crippen LogP contribution is -2.29. The van der Waals surface area contributed by atoms with Crippen molar-refractivity contribution in [1.82, 2.24) is 5.32 Å². The van der Waals surface area contributed by atoms with Gasteiger partial charge in [0.25, 0.3) is 0 Å². The Hall–Kier alpha value is -1.35. The number of unbranched alkanes of at least 4 members (excludes halogenated alkanes) is 1. The summed E-state index contributed by atoms with van der Waals surface area (Å²) in [5, 5.41) is 3.28. The molecule has 1 N–H and O–H groups in total. The number of carbonyl (C=O) groups is 1. The van der Waals surface area contributed by atoms with Crippen LogP contribution in [-0.4, -0.2) is 25.2 Å². The quantitative estimate of drug-likeness (QED) is 0.596. The van der Waals surface area contributed by atoms with Crippen molar-refractivity contribution in [3.63, 3.8) is 0 Å². The first kappa shape index (κ1) is 14.7. The van der Waals surface area contributed by atoms with Gasteiger partial charge < -0.3 is 10.1 Å². The third-order valence-corrected chi connectivity index (χ3v) is 2.70. The van der Waals surface area contributed by atoms with Crippen LogP contribution < -0.4 is 5.32 Å². The molecule has 0 aliphatic carbocycles. The highest BCUT2D eigenvalue weighted by Gasteiger charge is 2.11. The number of nitrogens with one attached hydrogen (secondary N) is 1. The number of ether oxygens (including phenoxy) is 1. The molecule has 100 valence electrons. The van der Waals surface area contributed by atoms with E-state index in [1.165, 1.54) is 6.42 Å². The first-order valence-corrected chi connectivity index (χ1v) is 6.62. The molecular formula is C15H23NO2. The molecule has 3 heteroatoms. The summed E-state index contributed by atoms with van der Waals surface area (Å²) in [5.41, 5.74) is 1.69. The van der Waals surface area contributed by atoms with Crippen molar-refractivity contribution in [2.75, 3.05) is 13.1 Å². The number of carbonyl (C=O) groups excluding carboxylic acids is 1. The van der Waals surface area contributed by atoms with Crippen molar-refractivity contribution < 1.29 is 9.53 Å². The Morgan fingerprint density at radius 2 is 2.22 bits per heavy atom. The van der Waals surface area contributed by atoms with Crippen LogP contribution in [0, 0.1) is 6.92 Å². The summed E-state index contributed by atoms with van der Waals surface area (Å²) in [6.45, 7) is 7.71. The molecule has 0 heterocycles. The molecule has 1 aromatic carbocycles. The van der Waals surface area contributed by atoms with Gasteiger partial charge in [0, 0.05) is 6.54 Å². The zero-order valence-electron chi connectivity index (χ0n) is 11.5. The van der Waals surface area contributed by atoms with Crippen molar-refractivity contribution in [3.8, 4) is 0 Å². The molecule has 3 nitrogen and oxygen atoms in total. The van der Waals surface area contributed by atoms with Gasteiger partial charge in [0.1, 0.15) is 6.10 Å². The van der Waals surface area contributed by atoms with Gasteiger partial charge >= 0.3 is 5.97 Å². The van der Waals surface area contributed by atoms with Crippen molar-refractivity contribution in [3.05, 3.63) is 35.4 Å². The Bertz CT molecular complexity index is 377. The normalized spacial score (nSPS) is 12.2. The molecular weight excluding hydrogens is 226 g/mol. The fourth-order valence-corrected chi connectivity index (χ4v) is 1.67. The molecule has 1 aromatic rings. The molecule has 0 saturated carbocycles. The van der Waals surface area contributed by atoms with Crippen molar-refractivity contribution >= 4 is 5.97 Å². The molecule has 1 rings (SSSR count). The van der Waals surface area contributed by atoms with Crippen LogP contribution in [0.5, 0.6) is 0 Å². The summed E-state index contributed by atoms with van der Waals surface area (Å²) in [5.74, 6) is -0.247. The first-order valence-electron chi connectivity index (χ1n) is 6.62. The average molecular weight is 249 g/mol. The van der Waals surface area contributed by atoms with Gasteiger partial charge in [0.15, 0.2) is 0 Å². The highest BCUT2D eigenvalue weighted by atomic mass is 16.5. The molecule has 0 bridgehead atoms. The Labute approximate surface area is 110 Å². The van der Waals surface area contributed by atoms with Gasteiger partial charge in [-0.25, -0.2) is 4.79 Å². The Morgan fingerprint density at radius 3 is 2.89 bits per heavy atom. The van der Waals surface area contributed by atoms with Gasteiger partial charge in [0.2, 0.25) is 0 Å². The van der Waals surface area contributed by atoms with E-state index in [1.807, 2.05) is 32.0 Å². The molecule has 0 aliphatic rings. The summed E-state index contributed by atoms with van der Waals surface area (Å²) >= 11 is 0. The van der Waals surface area contributed by atoms with Crippen LogP contribution in [0.2, 0.25) is 0 Å². The number of hydrogen-bond donors (Lipinski definition) is 1. The van der Waals surface area contributed by atoms with E-state index in [-0.39, 0.29) is 12.1 Å². The van der Waals surface area contributed by atoms with E-state index in [0.29, 0.717) is 12.1 Å². The molecule has 0 radical (unpaired) electrons. The van der Waals surface area contributed by atoms with Crippen LogP contribution in [0.4, 0.5) is 0 Å². The smallest absolute Gasteiger partial charge is 0.338 e. The van der Waals surface area contributed by atoms with Gasteiger partial charge in [0.05, 0.1) is 5.56 Å². The topological polar surface area (TPSA) is 38.3 Å². The van der Waals surface area contributed by atoms with Gasteiger partial charge in [-0.15, -0.1) is 0 Å². The van der Waals surface area contributed by atoms with Crippen LogP contribution in [0.3, 0.4) is 0 Å². The van der Waals surface area contributed by atoms with Crippen LogP contribution in [-0.2, 0) is 4.74 Å². The predicted octanol–water partition coefficient (Wildman–Crippen LogP) is 2.93. The van der Waals surface area contributed by atoms with Crippen LogP contribution in [0.1, 0.15) is 42.6 Å². The Balaban J connectivity index is 2.35. The van der Waals surface area contributed by atoms with Crippen molar-refractivity contribution in [2.24, 2.45) is 0 Å². The highest BCUT2D eigenvalue weighted by Crippen LogP contribution is 2.07. The van der Waals surface area contributed by atoms with E-state index in [0.717, 1.165) is 18.5 Å². The average Bonchev–Trinajstić information content (AvgIpc) is 2.34. The van der Waals surface area contributed by atoms with Crippen molar-refractivity contribution in [1.29, 1.82) is 0 Å². The van der Waals surface area contributed by atoms with Gasteiger partial charge in [-0.1, -0.05) is 31.0 Å². The Morgan fingerprint density at radius 1 is 1.44 bits per heavy atom. The summed E-state index contributed by atoms with van der Waals surface area (Å²) in [7, 11) is 0. The second-order valence-electron chi connectivity index (χ2n) is 4.64. The monoisotopic (exact) mass is 249 g/mol. The SMILES string of the molecule is CCCCNCC(C)OC(=O)c1cccc(C)c1. The fourth-order valence-electron chi connectivity index (χ4n) is 1.67. The fraction of sp³-hybridized carbons (Fsp3) is 0.533. The molecule has 0 spiro atoms. The second kappa shape index (κ2) is 7.88. The maximum absolute atomic E-state index is 11.8. The maximum Gasteiger partial charge on any atom is 0.338 e. The number of hydrogen-bond acceptors (Lipinski definition) is 3. The van der Waals surface area contributed by atoms with E-state index in [2.05, 4.69) is 12.2 Å². The number of benzene rings is 1. The van der Waals surface area contributed by atoms with Crippen LogP contribution >= 0.6 is 0 Å². The summed E-state index contributed by atoms with van der Waals surface area (Å²) in [6.07, 6.45) is 2.22. The molecule has 0 amide bonds. The minimum Gasteiger partial charge on any atom is -0.458 e. The summed E-state index contributed by atoms with van der Waals surface area (Å²) in [6, 6.07) is 7.47. The third kappa shape index (κ3) is 5.32. The van der Waals surface area contributed by atoms with E-state index in [4.69, 9.17) is 4.74 Å². The lowest BCUT2D eigenvalue weighted by atomic mass is 10.1. The van der Waals surface area contributed by atoms with Crippen LogP contribution in [0.15, 0.2) is 24.3 Å². The molecule has 0 aliphatic heterocycles. The molecule has 1 atom stereocenters. The minimum absolute atomic E-state index is 0.102. The summed E-state index contributed by atoms with van der Waals surface area (Å²) in [4.78, 5) is 11.8. The number of aryl methyl sites for hydroxylation is 1. The molecule has 0 fully saturated rings. The van der Waals surface area contributed by atoms with E-state index >= 15 is 0 Å². The standard InChI is InChI=1S/C15H23NO2/c1-4-5-9-16-11-13(3)18-15(17)14-8-6-7-12(2)10-14/h6-8,10,13,16H,4-5,9,11H2,1-3H3.